The van der Waals surface area contributed by atoms with Gasteiger partial charge >= 0.3 is 6.18 Å². The van der Waals surface area contributed by atoms with Gasteiger partial charge in [-0.3, -0.25) is 9.69 Å². The lowest BCUT2D eigenvalue weighted by Gasteiger charge is -2.21. The van der Waals surface area contributed by atoms with Gasteiger partial charge in [0, 0.05) is 11.6 Å². The minimum absolute atomic E-state index is 0.00871. The first-order valence-electron chi connectivity index (χ1n) is 10.1. The number of halogens is 4. The number of benzene rings is 2. The van der Waals surface area contributed by atoms with E-state index in [0.717, 1.165) is 38.8 Å². The molecule has 2 heterocycles. The summed E-state index contributed by atoms with van der Waals surface area (Å²) >= 11 is 5.95. The number of rotatable bonds is 3. The summed E-state index contributed by atoms with van der Waals surface area (Å²) in [6, 6.07) is 8.31. The van der Waals surface area contributed by atoms with Gasteiger partial charge in [0.25, 0.3) is 0 Å². The molecule has 0 spiro atoms. The van der Waals surface area contributed by atoms with Gasteiger partial charge < -0.3 is 9.52 Å². The standard InChI is InChI=1S/C23H21ClF3NO3/c24-15-7-5-6-14(12-15)19-20(30)16-8-9-18(29)17(13-28-10-3-1-2-4-11-28)21(16)31-22(19)23(25,26)27/h5-9,12,29H,1-4,10-11,13H2. The van der Waals surface area contributed by atoms with E-state index in [9.17, 15) is 23.1 Å². The van der Waals surface area contributed by atoms with E-state index >= 15 is 0 Å². The summed E-state index contributed by atoms with van der Waals surface area (Å²) in [5.74, 6) is -1.58. The number of likely N-dealkylation sites (tertiary alicyclic amines) is 1. The molecule has 0 aliphatic carbocycles. The van der Waals surface area contributed by atoms with Crippen molar-refractivity contribution in [2.75, 3.05) is 13.1 Å². The number of fused-ring (bicyclic) bond motifs is 1. The van der Waals surface area contributed by atoms with Gasteiger partial charge in [0.1, 0.15) is 11.3 Å². The van der Waals surface area contributed by atoms with Crippen LogP contribution in [0.5, 0.6) is 5.75 Å². The number of alkyl halides is 3. The van der Waals surface area contributed by atoms with Crippen LogP contribution in [-0.2, 0) is 12.7 Å². The summed E-state index contributed by atoms with van der Waals surface area (Å²) in [4.78, 5) is 15.3. The predicted octanol–water partition coefficient (Wildman–Crippen LogP) is 6.21. The van der Waals surface area contributed by atoms with Crippen molar-refractivity contribution in [2.45, 2.75) is 38.4 Å². The van der Waals surface area contributed by atoms with Crippen LogP contribution < -0.4 is 5.43 Å². The molecule has 2 aromatic carbocycles. The van der Waals surface area contributed by atoms with E-state index in [1.165, 1.54) is 36.4 Å². The molecular formula is C23H21ClF3NO3. The Kier molecular flexibility index (Phi) is 5.99. The summed E-state index contributed by atoms with van der Waals surface area (Å²) in [6.45, 7) is 1.75. The molecule has 0 radical (unpaired) electrons. The highest BCUT2D eigenvalue weighted by molar-refractivity contribution is 6.30. The van der Waals surface area contributed by atoms with Crippen LogP contribution in [0.3, 0.4) is 0 Å². The van der Waals surface area contributed by atoms with Gasteiger partial charge in [-0.25, -0.2) is 0 Å². The first-order valence-corrected chi connectivity index (χ1v) is 10.5. The molecule has 1 N–H and O–H groups in total. The molecule has 1 fully saturated rings. The lowest BCUT2D eigenvalue weighted by molar-refractivity contribution is -0.152. The molecule has 0 bridgehead atoms. The van der Waals surface area contributed by atoms with Gasteiger partial charge in [0.15, 0.2) is 0 Å². The van der Waals surface area contributed by atoms with Crippen molar-refractivity contribution >= 4 is 22.6 Å². The van der Waals surface area contributed by atoms with Gasteiger partial charge in [0.2, 0.25) is 11.2 Å². The molecule has 0 amide bonds. The van der Waals surface area contributed by atoms with E-state index in [1.54, 1.807) is 0 Å². The zero-order valence-corrected chi connectivity index (χ0v) is 17.4. The predicted molar refractivity (Wildman–Crippen MR) is 113 cm³/mol. The van der Waals surface area contributed by atoms with E-state index < -0.39 is 22.9 Å². The molecule has 0 unspecified atom stereocenters. The number of phenols is 1. The van der Waals surface area contributed by atoms with Crippen LogP contribution in [0.4, 0.5) is 13.2 Å². The SMILES string of the molecule is O=c1c(-c2cccc(Cl)c2)c(C(F)(F)F)oc2c(CN3CCCCCC3)c(O)ccc12. The average molecular weight is 452 g/mol. The van der Waals surface area contributed by atoms with E-state index in [2.05, 4.69) is 4.90 Å². The zero-order valence-electron chi connectivity index (χ0n) is 16.6. The highest BCUT2D eigenvalue weighted by Crippen LogP contribution is 2.39. The number of aromatic hydroxyl groups is 1. The lowest BCUT2D eigenvalue weighted by Crippen LogP contribution is -2.24. The maximum Gasteiger partial charge on any atom is 0.450 e. The molecule has 1 aromatic heterocycles. The highest BCUT2D eigenvalue weighted by Gasteiger charge is 2.40. The minimum atomic E-state index is -4.91. The summed E-state index contributed by atoms with van der Waals surface area (Å²) in [7, 11) is 0. The van der Waals surface area contributed by atoms with Gasteiger partial charge in [-0.1, -0.05) is 36.6 Å². The van der Waals surface area contributed by atoms with Crippen LogP contribution in [0.15, 0.2) is 45.6 Å². The Hall–Kier alpha value is -2.51. The van der Waals surface area contributed by atoms with Crippen molar-refractivity contribution in [1.29, 1.82) is 0 Å². The second-order valence-electron chi connectivity index (χ2n) is 7.77. The van der Waals surface area contributed by atoms with E-state index in [1.807, 2.05) is 0 Å². The van der Waals surface area contributed by atoms with Gasteiger partial charge in [-0.05, 0) is 55.8 Å². The normalized spacial score (nSPS) is 15.9. The van der Waals surface area contributed by atoms with Gasteiger partial charge in [0.05, 0.1) is 16.5 Å². The fraction of sp³-hybridized carbons (Fsp3) is 0.348. The van der Waals surface area contributed by atoms with Crippen molar-refractivity contribution < 1.29 is 22.7 Å². The Labute approximate surface area is 181 Å². The van der Waals surface area contributed by atoms with Crippen LogP contribution in [-0.4, -0.2) is 23.1 Å². The summed E-state index contributed by atoms with van der Waals surface area (Å²) < 4.78 is 47.2. The second-order valence-corrected chi connectivity index (χ2v) is 8.21. The number of phenolic OH excluding ortho intramolecular Hbond substituents is 1. The number of hydrogen-bond donors (Lipinski definition) is 1. The maximum atomic E-state index is 13.9. The van der Waals surface area contributed by atoms with Crippen molar-refractivity contribution in [3.63, 3.8) is 0 Å². The zero-order chi connectivity index (χ0) is 22.2. The number of nitrogens with zero attached hydrogens (tertiary/aromatic N) is 1. The maximum absolute atomic E-state index is 13.9. The Balaban J connectivity index is 1.95. The van der Waals surface area contributed by atoms with Crippen molar-refractivity contribution in [1.82, 2.24) is 4.90 Å². The molecule has 4 rings (SSSR count). The third kappa shape index (κ3) is 4.43. The van der Waals surface area contributed by atoms with Crippen molar-refractivity contribution in [3.8, 4) is 16.9 Å². The Morgan fingerprint density at radius 3 is 2.42 bits per heavy atom. The molecule has 31 heavy (non-hydrogen) atoms. The third-order valence-electron chi connectivity index (χ3n) is 5.59. The molecule has 1 saturated heterocycles. The van der Waals surface area contributed by atoms with E-state index in [0.29, 0.717) is 0 Å². The third-order valence-corrected chi connectivity index (χ3v) is 5.82. The van der Waals surface area contributed by atoms with E-state index in [-0.39, 0.29) is 39.4 Å². The second kappa shape index (κ2) is 8.55. The van der Waals surface area contributed by atoms with Crippen LogP contribution in [0.1, 0.15) is 37.0 Å². The van der Waals surface area contributed by atoms with Crippen LogP contribution in [0, 0.1) is 0 Å². The van der Waals surface area contributed by atoms with Gasteiger partial charge in [-0.2, -0.15) is 13.2 Å². The first-order chi connectivity index (χ1) is 14.8. The van der Waals surface area contributed by atoms with Crippen molar-refractivity contribution in [3.05, 3.63) is 63.0 Å². The molecule has 1 aliphatic rings. The Bertz CT molecular complexity index is 1170. The quantitative estimate of drug-likeness (QED) is 0.514. The fourth-order valence-corrected chi connectivity index (χ4v) is 4.27. The number of hydrogen-bond acceptors (Lipinski definition) is 4. The van der Waals surface area contributed by atoms with Gasteiger partial charge in [-0.15, -0.1) is 0 Å². The summed E-state index contributed by atoms with van der Waals surface area (Å²) in [5.41, 5.74) is -1.41. The van der Waals surface area contributed by atoms with Crippen LogP contribution in [0.25, 0.3) is 22.1 Å². The first kappa shape index (κ1) is 21.7. The molecule has 164 valence electrons. The van der Waals surface area contributed by atoms with E-state index in [4.69, 9.17) is 16.0 Å². The molecule has 8 heteroatoms. The molecule has 0 atom stereocenters. The molecule has 3 aromatic rings. The highest BCUT2D eigenvalue weighted by atomic mass is 35.5. The molecule has 4 nitrogen and oxygen atoms in total. The Morgan fingerprint density at radius 1 is 1.06 bits per heavy atom. The largest absolute Gasteiger partial charge is 0.507 e. The van der Waals surface area contributed by atoms with Crippen LogP contribution >= 0.6 is 11.6 Å². The summed E-state index contributed by atoms with van der Waals surface area (Å²) in [5, 5.41) is 10.6. The molecular weight excluding hydrogens is 431 g/mol. The lowest BCUT2D eigenvalue weighted by atomic mass is 10.00. The smallest absolute Gasteiger partial charge is 0.450 e. The average Bonchev–Trinajstić information content (AvgIpc) is 2.98. The molecule has 1 aliphatic heterocycles. The van der Waals surface area contributed by atoms with Crippen LogP contribution in [0.2, 0.25) is 5.02 Å². The molecule has 0 saturated carbocycles. The monoisotopic (exact) mass is 451 g/mol. The fourth-order valence-electron chi connectivity index (χ4n) is 4.08. The summed E-state index contributed by atoms with van der Waals surface area (Å²) in [6.07, 6.45) is -0.774. The topological polar surface area (TPSA) is 53.7 Å². The Morgan fingerprint density at radius 2 is 1.77 bits per heavy atom. The minimum Gasteiger partial charge on any atom is -0.507 e. The van der Waals surface area contributed by atoms with Crippen molar-refractivity contribution in [2.24, 2.45) is 0 Å².